The van der Waals surface area contributed by atoms with Crippen LogP contribution in [0.2, 0.25) is 0 Å². The van der Waals surface area contributed by atoms with Gasteiger partial charge in [-0.3, -0.25) is 4.98 Å². The fraction of sp³-hybridized carbons (Fsp3) is 0.615. The Morgan fingerprint density at radius 1 is 1.27 bits per heavy atom. The lowest BCUT2D eigenvalue weighted by molar-refractivity contribution is 0.268. The van der Waals surface area contributed by atoms with Crippen molar-refractivity contribution in [2.24, 2.45) is 5.92 Å². The number of hydrogen-bond acceptors (Lipinski definition) is 2. The molecule has 1 aliphatic carbocycles. The lowest BCUT2D eigenvalue weighted by atomic mass is 9.86. The largest absolute Gasteiger partial charge is 0.308 e. The van der Waals surface area contributed by atoms with Crippen LogP contribution >= 0.6 is 0 Å². The van der Waals surface area contributed by atoms with Gasteiger partial charge in [-0.1, -0.05) is 6.07 Å². The molecule has 15 heavy (non-hydrogen) atoms. The highest BCUT2D eigenvalue weighted by molar-refractivity contribution is 5.25. The number of rotatable bonds is 0. The van der Waals surface area contributed by atoms with Crippen LogP contribution in [0, 0.1) is 5.92 Å². The maximum atomic E-state index is 4.60. The first-order valence-electron chi connectivity index (χ1n) is 6.12. The molecule has 1 N–H and O–H groups in total. The van der Waals surface area contributed by atoms with Crippen LogP contribution < -0.4 is 5.32 Å². The van der Waals surface area contributed by atoms with E-state index < -0.39 is 0 Å². The maximum absolute atomic E-state index is 4.60. The molecule has 1 aromatic heterocycles. The fourth-order valence-corrected chi connectivity index (χ4v) is 3.08. The maximum Gasteiger partial charge on any atom is 0.0607 e. The Hall–Kier alpha value is -0.890. The molecule has 0 aromatic carbocycles. The van der Waals surface area contributed by atoms with Gasteiger partial charge in [0.25, 0.3) is 0 Å². The van der Waals surface area contributed by atoms with Crippen LogP contribution in [0.1, 0.15) is 43.0 Å². The molecule has 1 aromatic rings. The molecule has 1 aliphatic heterocycles. The van der Waals surface area contributed by atoms with Gasteiger partial charge in [-0.05, 0) is 56.2 Å². The molecule has 3 rings (SSSR count). The van der Waals surface area contributed by atoms with Crippen molar-refractivity contribution >= 4 is 0 Å². The van der Waals surface area contributed by atoms with Crippen LogP contribution in [-0.2, 0) is 6.42 Å². The Bertz CT molecular complexity index is 348. The zero-order valence-electron chi connectivity index (χ0n) is 9.08. The SMILES string of the molecule is c1cnc2c(c1)CCCC1CCCN[C@H]21. The van der Waals surface area contributed by atoms with Crippen LogP contribution in [0.3, 0.4) is 0 Å². The Morgan fingerprint density at radius 3 is 3.20 bits per heavy atom. The van der Waals surface area contributed by atoms with Gasteiger partial charge in [0.15, 0.2) is 0 Å². The lowest BCUT2D eigenvalue weighted by Gasteiger charge is -2.31. The summed E-state index contributed by atoms with van der Waals surface area (Å²) < 4.78 is 0. The van der Waals surface area contributed by atoms with E-state index in [4.69, 9.17) is 0 Å². The standard InChI is InChI=1S/C13H18N2/c1-4-10-6-2-8-14-12(10)13-11(5-1)7-3-9-15-13/h2,6,8,11,13,15H,1,3-5,7,9H2/t11?,13-/m0/s1. The monoisotopic (exact) mass is 202 g/mol. The van der Waals surface area contributed by atoms with Gasteiger partial charge in [-0.2, -0.15) is 0 Å². The average Bonchev–Trinajstić information content (AvgIpc) is 2.48. The molecule has 1 saturated heterocycles. The molecule has 2 aliphatic rings. The summed E-state index contributed by atoms with van der Waals surface area (Å²) in [4.78, 5) is 4.60. The highest BCUT2D eigenvalue weighted by Crippen LogP contribution is 2.36. The van der Waals surface area contributed by atoms with Crippen molar-refractivity contribution < 1.29 is 0 Å². The number of fused-ring (bicyclic) bond motifs is 3. The minimum absolute atomic E-state index is 0.539. The molecule has 0 amide bonds. The Kier molecular flexibility index (Phi) is 2.45. The van der Waals surface area contributed by atoms with Crippen molar-refractivity contribution in [2.75, 3.05) is 6.54 Å². The second-order valence-corrected chi connectivity index (χ2v) is 4.77. The van der Waals surface area contributed by atoms with E-state index in [0.29, 0.717) is 6.04 Å². The van der Waals surface area contributed by atoms with Crippen molar-refractivity contribution in [1.82, 2.24) is 10.3 Å². The van der Waals surface area contributed by atoms with E-state index in [1.807, 2.05) is 6.20 Å². The zero-order chi connectivity index (χ0) is 10.1. The molecule has 0 bridgehead atoms. The predicted molar refractivity (Wildman–Crippen MR) is 60.6 cm³/mol. The van der Waals surface area contributed by atoms with Crippen molar-refractivity contribution in [3.8, 4) is 0 Å². The minimum Gasteiger partial charge on any atom is -0.308 e. The Balaban J connectivity index is 1.99. The predicted octanol–water partition coefficient (Wildman–Crippen LogP) is 2.46. The summed E-state index contributed by atoms with van der Waals surface area (Å²) in [5.41, 5.74) is 2.80. The average molecular weight is 202 g/mol. The van der Waals surface area contributed by atoms with E-state index >= 15 is 0 Å². The quantitative estimate of drug-likeness (QED) is 0.699. The smallest absolute Gasteiger partial charge is 0.0607 e. The first-order chi connectivity index (χ1) is 7.45. The van der Waals surface area contributed by atoms with E-state index in [1.165, 1.54) is 43.4 Å². The molecule has 0 radical (unpaired) electrons. The van der Waals surface area contributed by atoms with Crippen molar-refractivity contribution in [3.63, 3.8) is 0 Å². The van der Waals surface area contributed by atoms with Gasteiger partial charge in [0.1, 0.15) is 0 Å². The van der Waals surface area contributed by atoms with Crippen LogP contribution in [0.25, 0.3) is 0 Å². The Morgan fingerprint density at radius 2 is 2.20 bits per heavy atom. The molecule has 2 heteroatoms. The van der Waals surface area contributed by atoms with Gasteiger partial charge in [-0.25, -0.2) is 0 Å². The number of nitrogens with zero attached hydrogens (tertiary/aromatic N) is 1. The van der Waals surface area contributed by atoms with Gasteiger partial charge in [0.2, 0.25) is 0 Å². The van der Waals surface area contributed by atoms with Gasteiger partial charge >= 0.3 is 0 Å². The third-order valence-electron chi connectivity index (χ3n) is 3.83. The van der Waals surface area contributed by atoms with Crippen molar-refractivity contribution in [3.05, 3.63) is 29.6 Å². The Labute approximate surface area is 91.1 Å². The summed E-state index contributed by atoms with van der Waals surface area (Å²) in [6.07, 6.45) is 8.59. The molecule has 2 heterocycles. The van der Waals surface area contributed by atoms with Gasteiger partial charge in [0, 0.05) is 6.20 Å². The van der Waals surface area contributed by atoms with E-state index in [0.717, 1.165) is 12.5 Å². The molecular weight excluding hydrogens is 184 g/mol. The summed E-state index contributed by atoms with van der Waals surface area (Å²) >= 11 is 0. The molecule has 2 nitrogen and oxygen atoms in total. The van der Waals surface area contributed by atoms with Crippen molar-refractivity contribution in [1.29, 1.82) is 0 Å². The number of piperidine rings is 1. The van der Waals surface area contributed by atoms with E-state index in [2.05, 4.69) is 22.4 Å². The topological polar surface area (TPSA) is 24.9 Å². The first kappa shape index (κ1) is 9.34. The van der Waals surface area contributed by atoms with E-state index in [-0.39, 0.29) is 0 Å². The van der Waals surface area contributed by atoms with Crippen LogP contribution in [0.15, 0.2) is 18.3 Å². The highest BCUT2D eigenvalue weighted by Gasteiger charge is 2.30. The van der Waals surface area contributed by atoms with E-state index in [9.17, 15) is 0 Å². The fourth-order valence-electron chi connectivity index (χ4n) is 3.08. The first-order valence-corrected chi connectivity index (χ1v) is 6.12. The zero-order valence-corrected chi connectivity index (χ0v) is 9.08. The van der Waals surface area contributed by atoms with E-state index in [1.54, 1.807) is 0 Å². The summed E-state index contributed by atoms with van der Waals surface area (Å²) in [6.45, 7) is 1.16. The molecule has 0 spiro atoms. The molecule has 0 saturated carbocycles. The number of pyridine rings is 1. The highest BCUT2D eigenvalue weighted by atomic mass is 15.0. The van der Waals surface area contributed by atoms with Crippen LogP contribution in [0.5, 0.6) is 0 Å². The summed E-state index contributed by atoms with van der Waals surface area (Å²) in [6, 6.07) is 4.86. The third-order valence-corrected chi connectivity index (χ3v) is 3.83. The van der Waals surface area contributed by atoms with Gasteiger partial charge in [0.05, 0.1) is 11.7 Å². The minimum atomic E-state index is 0.539. The second kappa shape index (κ2) is 3.93. The number of nitrogens with one attached hydrogen (secondary N) is 1. The molecule has 1 fully saturated rings. The summed E-state index contributed by atoms with van der Waals surface area (Å²) in [7, 11) is 0. The molecular formula is C13H18N2. The normalized spacial score (nSPS) is 30.1. The second-order valence-electron chi connectivity index (χ2n) is 4.77. The number of hydrogen-bond donors (Lipinski definition) is 1. The van der Waals surface area contributed by atoms with Gasteiger partial charge in [-0.15, -0.1) is 0 Å². The van der Waals surface area contributed by atoms with Gasteiger partial charge < -0.3 is 5.32 Å². The third kappa shape index (κ3) is 1.67. The molecule has 1 unspecified atom stereocenters. The summed E-state index contributed by atoms with van der Waals surface area (Å²) in [5, 5.41) is 3.65. The molecule has 80 valence electrons. The number of aromatic nitrogens is 1. The number of aryl methyl sites for hydroxylation is 1. The molecule has 2 atom stereocenters. The van der Waals surface area contributed by atoms with Crippen LogP contribution in [0.4, 0.5) is 0 Å². The summed E-state index contributed by atoms with van der Waals surface area (Å²) in [5.74, 6) is 0.829. The lowest BCUT2D eigenvalue weighted by Crippen LogP contribution is -2.34. The van der Waals surface area contributed by atoms with Crippen molar-refractivity contribution in [2.45, 2.75) is 38.1 Å². The van der Waals surface area contributed by atoms with Crippen LogP contribution in [-0.4, -0.2) is 11.5 Å².